The van der Waals surface area contributed by atoms with E-state index in [1.54, 1.807) is 17.0 Å². The number of carbonyl (C=O) groups is 2. The lowest BCUT2D eigenvalue weighted by molar-refractivity contribution is -0.123. The first kappa shape index (κ1) is 18.1. The number of amides is 2. The van der Waals surface area contributed by atoms with Crippen molar-refractivity contribution in [1.29, 1.82) is 0 Å². The molecule has 138 valence electrons. The SMILES string of the molecule is CCOc1ccccc1OCC(=O)NCC1CN(c2cccs2)C(=O)O1. The number of carbonyl (C=O) groups excluding carboxylic acids is 2. The number of thiophene rings is 1. The Morgan fingerprint density at radius 3 is 2.73 bits per heavy atom. The molecule has 0 saturated carbocycles. The van der Waals surface area contributed by atoms with Gasteiger partial charge in [-0.1, -0.05) is 12.1 Å². The average Bonchev–Trinajstić information content (AvgIpc) is 3.29. The molecule has 1 aliphatic rings. The maximum atomic E-state index is 12.0. The molecule has 8 heteroatoms. The molecule has 1 aliphatic heterocycles. The average molecular weight is 376 g/mol. The molecule has 0 radical (unpaired) electrons. The molecule has 0 bridgehead atoms. The second-order valence-electron chi connectivity index (χ2n) is 5.54. The number of ether oxygens (including phenoxy) is 3. The number of cyclic esters (lactones) is 1. The van der Waals surface area contributed by atoms with Gasteiger partial charge in [0.15, 0.2) is 18.1 Å². The third kappa shape index (κ3) is 4.45. The molecule has 1 N–H and O–H groups in total. The Bertz CT molecular complexity index is 750. The van der Waals surface area contributed by atoms with Gasteiger partial charge in [-0.2, -0.15) is 0 Å². The molecule has 26 heavy (non-hydrogen) atoms. The highest BCUT2D eigenvalue weighted by molar-refractivity contribution is 7.14. The van der Waals surface area contributed by atoms with Gasteiger partial charge in [-0.25, -0.2) is 4.79 Å². The summed E-state index contributed by atoms with van der Waals surface area (Å²) in [5.41, 5.74) is 0. The van der Waals surface area contributed by atoms with E-state index in [2.05, 4.69) is 5.32 Å². The van der Waals surface area contributed by atoms with Crippen LogP contribution in [0.25, 0.3) is 0 Å². The molecule has 0 aliphatic carbocycles. The van der Waals surface area contributed by atoms with Gasteiger partial charge in [0, 0.05) is 0 Å². The highest BCUT2D eigenvalue weighted by Gasteiger charge is 2.32. The van der Waals surface area contributed by atoms with Crippen LogP contribution in [-0.2, 0) is 9.53 Å². The fraction of sp³-hybridized carbons (Fsp3) is 0.333. The number of nitrogens with zero attached hydrogens (tertiary/aromatic N) is 1. The first-order valence-electron chi connectivity index (χ1n) is 8.30. The van der Waals surface area contributed by atoms with Crippen molar-refractivity contribution in [3.05, 3.63) is 41.8 Å². The summed E-state index contributed by atoms with van der Waals surface area (Å²) in [5.74, 6) is 0.821. The molecule has 0 spiro atoms. The van der Waals surface area contributed by atoms with Crippen LogP contribution < -0.4 is 19.7 Å². The highest BCUT2D eigenvalue weighted by Crippen LogP contribution is 2.27. The fourth-order valence-electron chi connectivity index (χ4n) is 2.50. The summed E-state index contributed by atoms with van der Waals surface area (Å²) >= 11 is 1.47. The summed E-state index contributed by atoms with van der Waals surface area (Å²) in [4.78, 5) is 25.5. The van der Waals surface area contributed by atoms with Gasteiger partial charge in [0.25, 0.3) is 5.91 Å². The number of rotatable bonds is 8. The van der Waals surface area contributed by atoms with Crippen LogP contribution >= 0.6 is 11.3 Å². The van der Waals surface area contributed by atoms with E-state index in [0.717, 1.165) is 5.00 Å². The van der Waals surface area contributed by atoms with Gasteiger partial charge in [0.05, 0.1) is 19.7 Å². The van der Waals surface area contributed by atoms with Crippen LogP contribution in [0.4, 0.5) is 9.80 Å². The molecule has 2 aromatic rings. The summed E-state index contributed by atoms with van der Waals surface area (Å²) in [5, 5.41) is 5.46. The minimum Gasteiger partial charge on any atom is -0.490 e. The third-order valence-electron chi connectivity index (χ3n) is 3.68. The van der Waals surface area contributed by atoms with E-state index in [0.29, 0.717) is 24.7 Å². The largest absolute Gasteiger partial charge is 0.490 e. The van der Waals surface area contributed by atoms with E-state index < -0.39 is 6.09 Å². The number of benzene rings is 1. The third-order valence-corrected chi connectivity index (χ3v) is 4.57. The summed E-state index contributed by atoms with van der Waals surface area (Å²) < 4.78 is 16.2. The summed E-state index contributed by atoms with van der Waals surface area (Å²) in [6.45, 7) is 2.90. The molecule has 1 atom stereocenters. The van der Waals surface area contributed by atoms with Crippen LogP contribution in [0.5, 0.6) is 11.5 Å². The molecule has 1 aromatic heterocycles. The van der Waals surface area contributed by atoms with Crippen molar-refractivity contribution >= 4 is 28.3 Å². The zero-order chi connectivity index (χ0) is 18.4. The Morgan fingerprint density at radius 2 is 2.04 bits per heavy atom. The van der Waals surface area contributed by atoms with Gasteiger partial charge in [-0.3, -0.25) is 9.69 Å². The van der Waals surface area contributed by atoms with Crippen LogP contribution in [0.2, 0.25) is 0 Å². The minimum atomic E-state index is -0.395. The van der Waals surface area contributed by atoms with Crippen molar-refractivity contribution < 1.29 is 23.8 Å². The van der Waals surface area contributed by atoms with E-state index in [1.807, 2.05) is 36.6 Å². The first-order chi connectivity index (χ1) is 12.7. The lowest BCUT2D eigenvalue weighted by Gasteiger charge is -2.13. The van der Waals surface area contributed by atoms with Crippen molar-refractivity contribution in [2.45, 2.75) is 13.0 Å². The van der Waals surface area contributed by atoms with Crippen molar-refractivity contribution in [2.24, 2.45) is 0 Å². The van der Waals surface area contributed by atoms with Crippen molar-refractivity contribution in [2.75, 3.05) is 31.2 Å². The molecule has 7 nitrogen and oxygen atoms in total. The van der Waals surface area contributed by atoms with E-state index in [9.17, 15) is 9.59 Å². The Morgan fingerprint density at radius 1 is 1.27 bits per heavy atom. The molecular weight excluding hydrogens is 356 g/mol. The second kappa shape index (κ2) is 8.57. The molecule has 3 rings (SSSR count). The Hall–Kier alpha value is -2.74. The zero-order valence-corrected chi connectivity index (χ0v) is 15.2. The predicted octanol–water partition coefficient (Wildman–Crippen LogP) is 2.67. The van der Waals surface area contributed by atoms with E-state index in [-0.39, 0.29) is 25.2 Å². The molecule has 1 saturated heterocycles. The van der Waals surface area contributed by atoms with Gasteiger partial charge < -0.3 is 19.5 Å². The monoisotopic (exact) mass is 376 g/mol. The number of hydrogen-bond acceptors (Lipinski definition) is 6. The van der Waals surface area contributed by atoms with Crippen molar-refractivity contribution in [3.8, 4) is 11.5 Å². The number of anilines is 1. The van der Waals surface area contributed by atoms with E-state index in [4.69, 9.17) is 14.2 Å². The number of para-hydroxylation sites is 2. The van der Waals surface area contributed by atoms with Crippen molar-refractivity contribution in [1.82, 2.24) is 5.32 Å². The lowest BCUT2D eigenvalue weighted by Crippen LogP contribution is -2.37. The van der Waals surface area contributed by atoms with Crippen molar-refractivity contribution in [3.63, 3.8) is 0 Å². The van der Waals surface area contributed by atoms with Gasteiger partial charge in [0.1, 0.15) is 11.1 Å². The summed E-state index contributed by atoms with van der Waals surface area (Å²) in [7, 11) is 0. The fourth-order valence-corrected chi connectivity index (χ4v) is 3.23. The molecular formula is C18H20N2O5S. The van der Waals surface area contributed by atoms with Crippen LogP contribution in [-0.4, -0.2) is 44.4 Å². The summed E-state index contributed by atoms with van der Waals surface area (Å²) in [6, 6.07) is 10.9. The van der Waals surface area contributed by atoms with Crippen LogP contribution in [0.15, 0.2) is 41.8 Å². The van der Waals surface area contributed by atoms with Crippen LogP contribution in [0.1, 0.15) is 6.92 Å². The van der Waals surface area contributed by atoms with Crippen LogP contribution in [0, 0.1) is 0 Å². The van der Waals surface area contributed by atoms with Gasteiger partial charge >= 0.3 is 6.09 Å². The topological polar surface area (TPSA) is 77.1 Å². The number of hydrogen-bond donors (Lipinski definition) is 1. The van der Waals surface area contributed by atoms with Gasteiger partial charge in [-0.05, 0) is 36.6 Å². The van der Waals surface area contributed by atoms with Crippen LogP contribution in [0.3, 0.4) is 0 Å². The zero-order valence-electron chi connectivity index (χ0n) is 14.3. The minimum absolute atomic E-state index is 0.139. The Kier molecular flexibility index (Phi) is 5.96. The second-order valence-corrected chi connectivity index (χ2v) is 6.47. The molecule has 2 heterocycles. The highest BCUT2D eigenvalue weighted by atomic mass is 32.1. The molecule has 1 unspecified atom stereocenters. The normalized spacial score (nSPS) is 16.3. The molecule has 1 fully saturated rings. The summed E-state index contributed by atoms with van der Waals surface area (Å²) in [6.07, 6.45) is -0.780. The quantitative estimate of drug-likeness (QED) is 0.766. The maximum absolute atomic E-state index is 12.0. The lowest BCUT2D eigenvalue weighted by atomic mass is 10.3. The maximum Gasteiger partial charge on any atom is 0.415 e. The Balaban J connectivity index is 1.44. The molecule has 2 amide bonds. The first-order valence-corrected chi connectivity index (χ1v) is 9.18. The van der Waals surface area contributed by atoms with Gasteiger partial charge in [0.2, 0.25) is 0 Å². The predicted molar refractivity (Wildman–Crippen MR) is 98.0 cm³/mol. The standard InChI is InChI=1S/C18H20N2O5S/c1-2-23-14-6-3-4-7-15(14)24-12-16(21)19-10-13-11-20(18(22)25-13)17-8-5-9-26-17/h3-9,13H,2,10-12H2,1H3,(H,19,21). The Labute approximate surface area is 155 Å². The van der Waals surface area contributed by atoms with E-state index >= 15 is 0 Å². The number of nitrogens with one attached hydrogen (secondary N) is 1. The molecule has 1 aromatic carbocycles. The van der Waals surface area contributed by atoms with Gasteiger partial charge in [-0.15, -0.1) is 11.3 Å². The smallest absolute Gasteiger partial charge is 0.415 e. The van der Waals surface area contributed by atoms with E-state index in [1.165, 1.54) is 11.3 Å².